The molecule has 0 aromatic heterocycles. The quantitative estimate of drug-likeness (QED) is 0.260. The van der Waals surface area contributed by atoms with Crippen molar-refractivity contribution in [1.29, 1.82) is 0 Å². The van der Waals surface area contributed by atoms with Gasteiger partial charge in [-0.25, -0.2) is 13.8 Å². The molecule has 39 heavy (non-hydrogen) atoms. The van der Waals surface area contributed by atoms with Gasteiger partial charge in [0.05, 0.1) is 32.4 Å². The van der Waals surface area contributed by atoms with Gasteiger partial charge in [0.25, 0.3) is 11.8 Å². The van der Waals surface area contributed by atoms with Gasteiger partial charge in [0.1, 0.15) is 12.3 Å². The van der Waals surface area contributed by atoms with Gasteiger partial charge in [-0.1, -0.05) is 17.7 Å². The molecule has 0 heterocycles. The standard InChI is InChI=1S/C27H30N4O7S/c1-19-5-9-21(10-6-19)29-27(33)18-38-23-12-7-20(8-13-23)16-28-30-26(32)17-31(39(4,34)35)22-11-14-24(36-2)25(15-22)37-3/h5-16H,17-18H2,1-4H3,(H,29,33)(H,30,32)/b28-16-. The summed E-state index contributed by atoms with van der Waals surface area (Å²) in [6, 6.07) is 18.6. The van der Waals surface area contributed by atoms with Crippen molar-refractivity contribution in [3.05, 3.63) is 77.9 Å². The van der Waals surface area contributed by atoms with Crippen LogP contribution in [0.15, 0.2) is 71.8 Å². The molecule has 0 spiro atoms. The smallest absolute Gasteiger partial charge is 0.262 e. The number of aryl methyl sites for hydroxylation is 1. The molecule has 11 nitrogen and oxygen atoms in total. The molecule has 0 fully saturated rings. The van der Waals surface area contributed by atoms with Crippen LogP contribution >= 0.6 is 0 Å². The van der Waals surface area contributed by atoms with Crippen LogP contribution in [0, 0.1) is 6.92 Å². The van der Waals surface area contributed by atoms with Gasteiger partial charge in [-0.05, 0) is 61.0 Å². The van der Waals surface area contributed by atoms with Crippen molar-refractivity contribution in [3.63, 3.8) is 0 Å². The van der Waals surface area contributed by atoms with Crippen molar-refractivity contribution in [3.8, 4) is 17.2 Å². The third-order valence-corrected chi connectivity index (χ3v) is 6.47. The average Bonchev–Trinajstić information content (AvgIpc) is 2.91. The number of hydrazone groups is 1. The highest BCUT2D eigenvalue weighted by Gasteiger charge is 2.22. The summed E-state index contributed by atoms with van der Waals surface area (Å²) in [5.74, 6) is 0.287. The number of benzene rings is 3. The van der Waals surface area contributed by atoms with E-state index in [1.165, 1.54) is 32.6 Å². The molecule has 206 valence electrons. The highest BCUT2D eigenvalue weighted by molar-refractivity contribution is 7.92. The Labute approximate surface area is 227 Å². The van der Waals surface area contributed by atoms with Crippen molar-refractivity contribution in [1.82, 2.24) is 5.43 Å². The molecular formula is C27H30N4O7S. The Hall–Kier alpha value is -4.58. The normalized spacial score (nSPS) is 11.1. The highest BCUT2D eigenvalue weighted by Crippen LogP contribution is 2.32. The number of hydrogen-bond donors (Lipinski definition) is 2. The predicted octanol–water partition coefficient (Wildman–Crippen LogP) is 2.95. The molecule has 0 bridgehead atoms. The number of rotatable bonds is 12. The lowest BCUT2D eigenvalue weighted by molar-refractivity contribution is -0.119. The Morgan fingerprint density at radius 1 is 0.923 bits per heavy atom. The molecule has 0 radical (unpaired) electrons. The zero-order valence-corrected chi connectivity index (χ0v) is 22.8. The molecule has 0 saturated carbocycles. The van der Waals surface area contributed by atoms with E-state index in [4.69, 9.17) is 14.2 Å². The minimum atomic E-state index is -3.79. The van der Waals surface area contributed by atoms with Crippen molar-refractivity contribution in [2.45, 2.75) is 6.92 Å². The molecule has 0 aliphatic carbocycles. The molecule has 3 rings (SSSR count). The van der Waals surface area contributed by atoms with Gasteiger partial charge < -0.3 is 19.5 Å². The lowest BCUT2D eigenvalue weighted by Crippen LogP contribution is -2.39. The third-order valence-electron chi connectivity index (χ3n) is 5.33. The lowest BCUT2D eigenvalue weighted by atomic mass is 10.2. The van der Waals surface area contributed by atoms with Crippen LogP contribution in [0.5, 0.6) is 17.2 Å². The maximum absolute atomic E-state index is 12.4. The van der Waals surface area contributed by atoms with Crippen molar-refractivity contribution in [2.75, 3.05) is 43.2 Å². The number of carbonyl (C=O) groups is 2. The van der Waals surface area contributed by atoms with E-state index < -0.39 is 22.5 Å². The van der Waals surface area contributed by atoms with Crippen molar-refractivity contribution >= 4 is 39.4 Å². The monoisotopic (exact) mass is 554 g/mol. The van der Waals surface area contributed by atoms with Gasteiger partial charge >= 0.3 is 0 Å². The zero-order valence-electron chi connectivity index (χ0n) is 22.0. The summed E-state index contributed by atoms with van der Waals surface area (Å²) >= 11 is 0. The number of ether oxygens (including phenoxy) is 3. The Kier molecular flexibility index (Phi) is 9.87. The number of amides is 2. The second-order valence-corrected chi connectivity index (χ2v) is 10.3. The molecule has 0 atom stereocenters. The summed E-state index contributed by atoms with van der Waals surface area (Å²) in [5.41, 5.74) is 4.98. The number of nitrogens with zero attached hydrogens (tertiary/aromatic N) is 2. The van der Waals surface area contributed by atoms with E-state index >= 15 is 0 Å². The molecule has 3 aromatic rings. The van der Waals surface area contributed by atoms with Crippen LogP contribution in [-0.4, -0.2) is 60.1 Å². The topological polar surface area (TPSA) is 136 Å². The van der Waals surface area contributed by atoms with Crippen molar-refractivity contribution in [2.24, 2.45) is 5.10 Å². The number of hydrogen-bond acceptors (Lipinski definition) is 8. The Morgan fingerprint density at radius 3 is 2.21 bits per heavy atom. The SMILES string of the molecule is COc1ccc(N(CC(=O)N/N=C\c2ccc(OCC(=O)Nc3ccc(C)cc3)cc2)S(C)(=O)=O)cc1OC. The fourth-order valence-electron chi connectivity index (χ4n) is 3.36. The first kappa shape index (κ1) is 29.0. The second kappa shape index (κ2) is 13.3. The van der Waals surface area contributed by atoms with E-state index in [2.05, 4.69) is 15.8 Å². The summed E-state index contributed by atoms with van der Waals surface area (Å²) < 4.78 is 41.5. The predicted molar refractivity (Wildman–Crippen MR) is 149 cm³/mol. The van der Waals surface area contributed by atoms with Crippen LogP contribution in [0.4, 0.5) is 11.4 Å². The van der Waals surface area contributed by atoms with Gasteiger partial charge in [0.15, 0.2) is 18.1 Å². The Morgan fingerprint density at radius 2 is 1.59 bits per heavy atom. The summed E-state index contributed by atoms with van der Waals surface area (Å²) in [5, 5.41) is 6.65. The van der Waals surface area contributed by atoms with Crippen LogP contribution in [0.2, 0.25) is 0 Å². The first-order valence-electron chi connectivity index (χ1n) is 11.7. The number of nitrogens with one attached hydrogen (secondary N) is 2. The molecule has 0 aliphatic heterocycles. The number of methoxy groups -OCH3 is 2. The number of carbonyl (C=O) groups excluding carboxylic acids is 2. The van der Waals surface area contributed by atoms with Gasteiger partial charge in [-0.2, -0.15) is 5.10 Å². The van der Waals surface area contributed by atoms with Crippen LogP contribution in [0.1, 0.15) is 11.1 Å². The van der Waals surface area contributed by atoms with E-state index in [0.717, 1.165) is 16.1 Å². The first-order valence-corrected chi connectivity index (χ1v) is 13.5. The average molecular weight is 555 g/mol. The molecule has 2 N–H and O–H groups in total. The highest BCUT2D eigenvalue weighted by atomic mass is 32.2. The molecular weight excluding hydrogens is 524 g/mol. The van der Waals surface area contributed by atoms with E-state index in [9.17, 15) is 18.0 Å². The minimum Gasteiger partial charge on any atom is -0.493 e. The van der Waals surface area contributed by atoms with Crippen LogP contribution in [0.3, 0.4) is 0 Å². The van der Waals surface area contributed by atoms with Crippen molar-refractivity contribution < 1.29 is 32.2 Å². The van der Waals surface area contributed by atoms with Crippen LogP contribution in [0.25, 0.3) is 0 Å². The maximum atomic E-state index is 12.4. The molecule has 0 aliphatic rings. The number of sulfonamides is 1. The van der Waals surface area contributed by atoms with E-state index in [0.29, 0.717) is 28.5 Å². The lowest BCUT2D eigenvalue weighted by Gasteiger charge is -2.22. The van der Waals surface area contributed by atoms with Gasteiger partial charge in [0.2, 0.25) is 10.0 Å². The van der Waals surface area contributed by atoms with Crippen LogP contribution < -0.4 is 29.3 Å². The molecule has 2 amide bonds. The summed E-state index contributed by atoms with van der Waals surface area (Å²) in [7, 11) is -0.900. The first-order chi connectivity index (χ1) is 18.6. The third kappa shape index (κ3) is 8.75. The Bertz CT molecular complexity index is 1420. The van der Waals surface area contributed by atoms with E-state index in [1.54, 1.807) is 30.3 Å². The summed E-state index contributed by atoms with van der Waals surface area (Å²) in [6.07, 6.45) is 2.39. The molecule has 0 unspecified atom stereocenters. The molecule has 0 saturated heterocycles. The summed E-state index contributed by atoms with van der Waals surface area (Å²) in [4.78, 5) is 24.5. The summed E-state index contributed by atoms with van der Waals surface area (Å²) in [6.45, 7) is 1.31. The van der Waals surface area contributed by atoms with E-state index in [-0.39, 0.29) is 18.2 Å². The Balaban J connectivity index is 1.53. The fraction of sp³-hybridized carbons (Fsp3) is 0.222. The molecule has 3 aromatic carbocycles. The van der Waals surface area contributed by atoms with Gasteiger partial charge in [0, 0.05) is 11.8 Å². The second-order valence-electron chi connectivity index (χ2n) is 8.37. The number of anilines is 2. The minimum absolute atomic E-state index is 0.158. The molecule has 12 heteroatoms. The van der Waals surface area contributed by atoms with Gasteiger partial charge in [-0.3, -0.25) is 13.9 Å². The largest absolute Gasteiger partial charge is 0.493 e. The maximum Gasteiger partial charge on any atom is 0.262 e. The van der Waals surface area contributed by atoms with Gasteiger partial charge in [-0.15, -0.1) is 0 Å². The zero-order chi connectivity index (χ0) is 28.4. The van der Waals surface area contributed by atoms with E-state index in [1.807, 2.05) is 31.2 Å². The van der Waals surface area contributed by atoms with Crippen LogP contribution in [-0.2, 0) is 19.6 Å². The fourth-order valence-corrected chi connectivity index (χ4v) is 4.21.